The highest BCUT2D eigenvalue weighted by Gasteiger charge is 2.71. The molecule has 158 valence electrons. The normalized spacial score (nSPS) is 14.8. The van der Waals surface area contributed by atoms with E-state index in [-0.39, 0.29) is 28.2 Å². The van der Waals surface area contributed by atoms with Gasteiger partial charge in [0.2, 0.25) is 0 Å². The maximum absolute atomic E-state index is 13.1. The van der Waals surface area contributed by atoms with Crippen molar-refractivity contribution in [2.24, 2.45) is 0 Å². The molecule has 3 rings (SSSR count). The number of rotatable bonds is 3. The van der Waals surface area contributed by atoms with Gasteiger partial charge in [-0.3, -0.25) is 19.7 Å². The van der Waals surface area contributed by atoms with Crippen LogP contribution in [0.5, 0.6) is 0 Å². The molecular formula is C17H8F6N2O5. The highest BCUT2D eigenvalue weighted by molar-refractivity contribution is 6.35. The number of fused-ring (bicyclic) bond motifs is 1. The molecule has 0 saturated heterocycles. The van der Waals surface area contributed by atoms with E-state index in [4.69, 9.17) is 0 Å². The molecule has 30 heavy (non-hydrogen) atoms. The van der Waals surface area contributed by atoms with E-state index in [9.17, 15) is 51.2 Å². The Morgan fingerprint density at radius 1 is 0.867 bits per heavy atom. The molecule has 2 aromatic carbocycles. The minimum absolute atomic E-state index is 0.118. The molecule has 0 radical (unpaired) electrons. The first-order valence-electron chi connectivity index (χ1n) is 7.84. The molecule has 7 nitrogen and oxygen atoms in total. The molecule has 1 aliphatic heterocycles. The van der Waals surface area contributed by atoms with Crippen molar-refractivity contribution < 1.29 is 46.0 Å². The minimum Gasteiger partial charge on any atom is -0.369 e. The SMILES string of the molecule is O=C1c2ccccc2C(=O)N1c1ccc(C(O)(C(F)(F)F)C(F)(F)F)cc1[N+](=O)[O-]. The molecule has 2 amide bonds. The first-order valence-corrected chi connectivity index (χ1v) is 7.84. The number of carbonyl (C=O) groups excluding carboxylic acids is 2. The Hall–Kier alpha value is -3.48. The number of alkyl halides is 6. The van der Waals surface area contributed by atoms with E-state index in [1.54, 1.807) is 0 Å². The predicted octanol–water partition coefficient (Wildman–Crippen LogP) is 3.71. The maximum Gasteiger partial charge on any atom is 0.430 e. The average molecular weight is 434 g/mol. The predicted molar refractivity (Wildman–Crippen MR) is 86.7 cm³/mol. The monoisotopic (exact) mass is 434 g/mol. The van der Waals surface area contributed by atoms with Gasteiger partial charge in [0.25, 0.3) is 23.1 Å². The number of nitrogens with zero attached hydrogens (tertiary/aromatic N) is 2. The highest BCUT2D eigenvalue weighted by Crippen LogP contribution is 2.51. The highest BCUT2D eigenvalue weighted by atomic mass is 19.4. The molecule has 0 unspecified atom stereocenters. The largest absolute Gasteiger partial charge is 0.430 e. The van der Waals surface area contributed by atoms with Crippen molar-refractivity contribution in [3.8, 4) is 0 Å². The summed E-state index contributed by atoms with van der Waals surface area (Å²) in [6, 6.07) is 5.55. The summed E-state index contributed by atoms with van der Waals surface area (Å²) in [5, 5.41) is 20.8. The van der Waals surface area contributed by atoms with Crippen LogP contribution in [0.2, 0.25) is 0 Å². The Balaban J connectivity index is 2.21. The number of halogens is 6. The number of aliphatic hydroxyl groups is 1. The molecule has 0 bridgehead atoms. The van der Waals surface area contributed by atoms with Gasteiger partial charge in [0.15, 0.2) is 0 Å². The van der Waals surface area contributed by atoms with E-state index < -0.39 is 51.6 Å². The zero-order chi connectivity index (χ0) is 22.6. The molecule has 0 aromatic heterocycles. The molecule has 0 atom stereocenters. The number of nitro groups is 1. The number of anilines is 1. The lowest BCUT2D eigenvalue weighted by molar-refractivity contribution is -0.386. The Kier molecular flexibility index (Phi) is 4.61. The molecule has 1 N–H and O–H groups in total. The van der Waals surface area contributed by atoms with Crippen LogP contribution in [-0.2, 0) is 5.60 Å². The molecule has 0 spiro atoms. The van der Waals surface area contributed by atoms with Gasteiger partial charge in [-0.15, -0.1) is 0 Å². The van der Waals surface area contributed by atoms with E-state index in [1.165, 1.54) is 24.3 Å². The molecule has 13 heteroatoms. The Labute approximate surface area is 162 Å². The summed E-state index contributed by atoms with van der Waals surface area (Å²) >= 11 is 0. The second kappa shape index (κ2) is 6.52. The van der Waals surface area contributed by atoms with Gasteiger partial charge in [-0.1, -0.05) is 18.2 Å². The first kappa shape index (κ1) is 21.2. The van der Waals surface area contributed by atoms with Crippen LogP contribution in [0.25, 0.3) is 0 Å². The third-order valence-corrected chi connectivity index (χ3v) is 4.45. The van der Waals surface area contributed by atoms with Crippen LogP contribution in [0, 0.1) is 10.1 Å². The van der Waals surface area contributed by atoms with Crippen LogP contribution in [0.15, 0.2) is 42.5 Å². The fraction of sp³-hybridized carbons (Fsp3) is 0.176. The Morgan fingerprint density at radius 3 is 1.73 bits per heavy atom. The van der Waals surface area contributed by atoms with Crippen molar-refractivity contribution in [2.75, 3.05) is 4.90 Å². The Bertz CT molecular complexity index is 1030. The van der Waals surface area contributed by atoms with Crippen molar-refractivity contribution in [2.45, 2.75) is 18.0 Å². The molecule has 0 aliphatic carbocycles. The second-order valence-corrected chi connectivity index (χ2v) is 6.16. The van der Waals surface area contributed by atoms with E-state index in [0.717, 1.165) is 0 Å². The standard InChI is InChI=1S/C17H8F6N2O5/c18-16(19,20)15(28,17(21,22)23)8-5-6-11(12(7-8)25(29)30)24-13(26)9-3-1-2-4-10(9)14(24)27/h1-7,28H. The zero-order valence-corrected chi connectivity index (χ0v) is 14.3. The van der Waals surface area contributed by atoms with Crippen LogP contribution in [0.3, 0.4) is 0 Å². The number of amides is 2. The Morgan fingerprint density at radius 2 is 1.33 bits per heavy atom. The maximum atomic E-state index is 13.1. The van der Waals surface area contributed by atoms with Crippen LogP contribution in [0.1, 0.15) is 26.3 Å². The number of imide groups is 1. The third kappa shape index (κ3) is 2.89. The number of benzene rings is 2. The quantitative estimate of drug-likeness (QED) is 0.344. The fourth-order valence-electron chi connectivity index (χ4n) is 2.98. The number of carbonyl (C=O) groups is 2. The van der Waals surface area contributed by atoms with Crippen LogP contribution >= 0.6 is 0 Å². The summed E-state index contributed by atoms with van der Waals surface area (Å²) in [6.45, 7) is 0. The van der Waals surface area contributed by atoms with Crippen molar-refractivity contribution in [1.82, 2.24) is 0 Å². The molecule has 2 aromatic rings. The van der Waals surface area contributed by atoms with Crippen LogP contribution in [0.4, 0.5) is 37.7 Å². The van der Waals surface area contributed by atoms with Gasteiger partial charge >= 0.3 is 12.4 Å². The van der Waals surface area contributed by atoms with E-state index >= 15 is 0 Å². The molecular weight excluding hydrogens is 426 g/mol. The summed E-state index contributed by atoms with van der Waals surface area (Å²) in [5.74, 6) is -2.10. The van der Waals surface area contributed by atoms with Gasteiger partial charge in [0.05, 0.1) is 16.1 Å². The van der Waals surface area contributed by atoms with E-state index in [1.807, 2.05) is 0 Å². The lowest BCUT2D eigenvalue weighted by Gasteiger charge is -2.32. The molecule has 0 fully saturated rings. The number of nitro benzene ring substituents is 1. The lowest BCUT2D eigenvalue weighted by Crippen LogP contribution is -2.53. The molecule has 1 aliphatic rings. The van der Waals surface area contributed by atoms with Gasteiger partial charge in [-0.2, -0.15) is 26.3 Å². The van der Waals surface area contributed by atoms with Crippen molar-refractivity contribution in [3.63, 3.8) is 0 Å². The topological polar surface area (TPSA) is 101 Å². The lowest BCUT2D eigenvalue weighted by atomic mass is 9.91. The summed E-state index contributed by atoms with van der Waals surface area (Å²) < 4.78 is 78.4. The van der Waals surface area contributed by atoms with Gasteiger partial charge < -0.3 is 5.11 Å². The first-order chi connectivity index (χ1) is 13.7. The van der Waals surface area contributed by atoms with Gasteiger partial charge in [0, 0.05) is 11.6 Å². The van der Waals surface area contributed by atoms with E-state index in [2.05, 4.69) is 0 Å². The summed E-state index contributed by atoms with van der Waals surface area (Å²) in [6.07, 6.45) is -12.5. The minimum atomic E-state index is -6.27. The molecule has 0 saturated carbocycles. The number of hydrogen-bond donors (Lipinski definition) is 1. The summed E-state index contributed by atoms with van der Waals surface area (Å²) in [4.78, 5) is 35.2. The smallest absolute Gasteiger partial charge is 0.369 e. The number of hydrogen-bond acceptors (Lipinski definition) is 5. The average Bonchev–Trinajstić information content (AvgIpc) is 2.89. The van der Waals surface area contributed by atoms with Gasteiger partial charge in [-0.05, 0) is 18.2 Å². The second-order valence-electron chi connectivity index (χ2n) is 6.16. The molecule has 1 heterocycles. The van der Waals surface area contributed by atoms with Crippen LogP contribution in [-0.4, -0.2) is 34.2 Å². The summed E-state index contributed by atoms with van der Waals surface area (Å²) in [7, 11) is 0. The third-order valence-electron chi connectivity index (χ3n) is 4.45. The van der Waals surface area contributed by atoms with Gasteiger partial charge in [0.1, 0.15) is 5.69 Å². The fourth-order valence-corrected chi connectivity index (χ4v) is 2.98. The van der Waals surface area contributed by atoms with Gasteiger partial charge in [-0.25, -0.2) is 4.90 Å². The summed E-state index contributed by atoms with van der Waals surface area (Å²) in [5.41, 5.74) is -9.86. The van der Waals surface area contributed by atoms with Crippen LogP contribution < -0.4 is 4.90 Å². The van der Waals surface area contributed by atoms with Crippen molar-refractivity contribution in [3.05, 3.63) is 69.3 Å². The zero-order valence-electron chi connectivity index (χ0n) is 14.3. The van der Waals surface area contributed by atoms with Crippen molar-refractivity contribution >= 4 is 23.2 Å². The van der Waals surface area contributed by atoms with E-state index in [0.29, 0.717) is 6.07 Å². The van der Waals surface area contributed by atoms with Crippen molar-refractivity contribution in [1.29, 1.82) is 0 Å².